The molecule has 0 spiro atoms. The van der Waals surface area contributed by atoms with E-state index in [0.717, 1.165) is 10.8 Å². The molecule has 6 nitrogen and oxygen atoms in total. The highest BCUT2D eigenvalue weighted by molar-refractivity contribution is 6.04. The van der Waals surface area contributed by atoms with Crippen molar-refractivity contribution in [3.05, 3.63) is 29.6 Å². The van der Waals surface area contributed by atoms with E-state index in [-0.39, 0.29) is 11.4 Å². The van der Waals surface area contributed by atoms with Crippen LogP contribution in [-0.2, 0) is 0 Å². The molecule has 0 amide bonds. The van der Waals surface area contributed by atoms with Crippen LogP contribution in [0.2, 0.25) is 0 Å². The second-order valence-corrected chi connectivity index (χ2v) is 4.35. The number of aromatic amines is 1. The maximum absolute atomic E-state index is 9.07. The van der Waals surface area contributed by atoms with Gasteiger partial charge in [-0.05, 0) is 18.2 Å². The van der Waals surface area contributed by atoms with Crippen LogP contribution in [0.1, 0.15) is 11.4 Å². The van der Waals surface area contributed by atoms with Gasteiger partial charge in [0.2, 0.25) is 0 Å². The molecular formula is C15H10N4O2. The fourth-order valence-electron chi connectivity index (χ4n) is 2.40. The van der Waals surface area contributed by atoms with Crippen molar-refractivity contribution in [1.82, 2.24) is 9.97 Å². The molecule has 1 aliphatic heterocycles. The van der Waals surface area contributed by atoms with Crippen molar-refractivity contribution < 1.29 is 9.47 Å². The Labute approximate surface area is 120 Å². The molecule has 3 rings (SSSR count). The third-order valence-electron chi connectivity index (χ3n) is 3.32. The number of nitrogens with zero attached hydrogens (tertiary/aromatic N) is 3. The number of nitrogens with one attached hydrogen (secondary N) is 1. The summed E-state index contributed by atoms with van der Waals surface area (Å²) in [4.78, 5) is 7.20. The lowest BCUT2D eigenvalue weighted by molar-refractivity contribution is 0.358. The summed E-state index contributed by atoms with van der Waals surface area (Å²) in [6, 6.07) is 9.33. The molecule has 0 unspecified atom stereocenters. The predicted molar refractivity (Wildman–Crippen MR) is 75.2 cm³/mol. The lowest BCUT2D eigenvalue weighted by Crippen LogP contribution is -1.97. The van der Waals surface area contributed by atoms with Crippen LogP contribution in [0.3, 0.4) is 0 Å². The van der Waals surface area contributed by atoms with Crippen LogP contribution in [-0.4, -0.2) is 24.2 Å². The Bertz CT molecular complexity index is 899. The van der Waals surface area contributed by atoms with Gasteiger partial charge in [-0.1, -0.05) is 0 Å². The highest BCUT2D eigenvalue weighted by Gasteiger charge is 2.20. The van der Waals surface area contributed by atoms with Gasteiger partial charge in [0, 0.05) is 10.8 Å². The van der Waals surface area contributed by atoms with E-state index in [4.69, 9.17) is 20.0 Å². The number of benzene rings is 1. The maximum atomic E-state index is 9.07. The molecule has 1 heterocycles. The van der Waals surface area contributed by atoms with Crippen LogP contribution < -0.4 is 9.47 Å². The molecule has 1 aliphatic carbocycles. The molecule has 0 fully saturated rings. The van der Waals surface area contributed by atoms with Gasteiger partial charge in [0.15, 0.2) is 22.9 Å². The monoisotopic (exact) mass is 278 g/mol. The molecule has 0 atom stereocenters. The molecule has 0 saturated heterocycles. The first kappa shape index (κ1) is 12.8. The Kier molecular flexibility index (Phi) is 2.85. The van der Waals surface area contributed by atoms with Crippen molar-refractivity contribution in [3.63, 3.8) is 0 Å². The third kappa shape index (κ3) is 1.74. The lowest BCUT2D eigenvalue weighted by Gasteiger charge is -2.08. The van der Waals surface area contributed by atoms with Gasteiger partial charge in [0.05, 0.1) is 25.6 Å². The maximum Gasteiger partial charge on any atom is 0.175 e. The Morgan fingerprint density at radius 3 is 2.52 bits per heavy atom. The van der Waals surface area contributed by atoms with Gasteiger partial charge in [0.1, 0.15) is 12.1 Å². The molecule has 0 saturated carbocycles. The van der Waals surface area contributed by atoms with Crippen molar-refractivity contribution >= 4 is 10.8 Å². The van der Waals surface area contributed by atoms with E-state index in [0.29, 0.717) is 22.9 Å². The third-order valence-corrected chi connectivity index (χ3v) is 3.32. The molecule has 1 N–H and O–H groups in total. The average molecular weight is 278 g/mol. The summed E-state index contributed by atoms with van der Waals surface area (Å²) in [7, 11) is 3.13. The highest BCUT2D eigenvalue weighted by Crippen LogP contribution is 2.41. The van der Waals surface area contributed by atoms with Crippen LogP contribution in [0.5, 0.6) is 11.5 Å². The molecule has 0 aromatic heterocycles. The van der Waals surface area contributed by atoms with Gasteiger partial charge in [-0.2, -0.15) is 10.5 Å². The number of hydrogen-bond donors (Lipinski definition) is 1. The van der Waals surface area contributed by atoms with E-state index in [9.17, 15) is 0 Å². The Morgan fingerprint density at radius 2 is 1.90 bits per heavy atom. The number of nitriles is 2. The number of methoxy groups -OCH3 is 2. The first-order valence-corrected chi connectivity index (χ1v) is 6.11. The Morgan fingerprint density at radius 1 is 1.10 bits per heavy atom. The second kappa shape index (κ2) is 4.69. The summed E-state index contributed by atoms with van der Waals surface area (Å²) < 4.78 is 10.7. The standard InChI is InChI=1S/C15H10N4O2/c1-20-13-4-3-8-9(15(13)21-2)5-10-14(8)19-12(7-17)11(6-16)18-10/h3-5,18H,1-2H3. The summed E-state index contributed by atoms with van der Waals surface area (Å²) in [5.41, 5.74) is 1.52. The van der Waals surface area contributed by atoms with Crippen molar-refractivity contribution in [3.8, 4) is 35.0 Å². The van der Waals surface area contributed by atoms with E-state index >= 15 is 0 Å². The van der Waals surface area contributed by atoms with E-state index in [1.807, 2.05) is 24.3 Å². The quantitative estimate of drug-likeness (QED) is 0.776. The van der Waals surface area contributed by atoms with E-state index in [2.05, 4.69) is 9.97 Å². The van der Waals surface area contributed by atoms with Crippen molar-refractivity contribution in [2.24, 2.45) is 0 Å². The van der Waals surface area contributed by atoms with Crippen LogP contribution >= 0.6 is 0 Å². The first-order valence-electron chi connectivity index (χ1n) is 6.11. The smallest absolute Gasteiger partial charge is 0.175 e. The zero-order valence-electron chi connectivity index (χ0n) is 11.4. The number of rotatable bonds is 2. The fourth-order valence-corrected chi connectivity index (χ4v) is 2.40. The minimum atomic E-state index is 0.0762. The lowest BCUT2D eigenvalue weighted by atomic mass is 10.2. The summed E-state index contributed by atoms with van der Waals surface area (Å²) in [6.45, 7) is 0. The summed E-state index contributed by atoms with van der Waals surface area (Å²) in [5, 5.41) is 19.8. The van der Waals surface area contributed by atoms with Gasteiger partial charge in [-0.3, -0.25) is 0 Å². The van der Waals surface area contributed by atoms with Gasteiger partial charge in [-0.25, -0.2) is 4.98 Å². The minimum Gasteiger partial charge on any atom is -0.493 e. The van der Waals surface area contributed by atoms with Gasteiger partial charge >= 0.3 is 0 Å². The molecule has 1 aromatic carbocycles. The zero-order chi connectivity index (χ0) is 15.0. The molecule has 0 bridgehead atoms. The highest BCUT2D eigenvalue weighted by atomic mass is 16.5. The van der Waals surface area contributed by atoms with Crippen molar-refractivity contribution in [1.29, 1.82) is 10.5 Å². The van der Waals surface area contributed by atoms with E-state index < -0.39 is 0 Å². The number of ether oxygens (including phenoxy) is 2. The number of aromatic nitrogens is 2. The van der Waals surface area contributed by atoms with Crippen LogP contribution in [0.15, 0.2) is 18.2 Å². The molecule has 1 aromatic rings. The molecular weight excluding hydrogens is 268 g/mol. The summed E-state index contributed by atoms with van der Waals surface area (Å²) >= 11 is 0. The molecule has 6 heteroatoms. The van der Waals surface area contributed by atoms with E-state index in [1.165, 1.54) is 0 Å². The summed E-state index contributed by atoms with van der Waals surface area (Å²) in [5.74, 6) is 1.21. The zero-order valence-corrected chi connectivity index (χ0v) is 11.4. The molecule has 2 aliphatic rings. The molecule has 0 radical (unpaired) electrons. The van der Waals surface area contributed by atoms with Gasteiger partial charge in [0.25, 0.3) is 0 Å². The van der Waals surface area contributed by atoms with E-state index in [1.54, 1.807) is 20.3 Å². The van der Waals surface area contributed by atoms with Crippen LogP contribution in [0.25, 0.3) is 22.2 Å². The first-order chi connectivity index (χ1) is 10.2. The summed E-state index contributed by atoms with van der Waals surface area (Å²) in [6.07, 6.45) is 0. The predicted octanol–water partition coefficient (Wildman–Crippen LogP) is 2.43. The van der Waals surface area contributed by atoms with Gasteiger partial charge in [-0.15, -0.1) is 0 Å². The Balaban J connectivity index is 2.44. The second-order valence-electron chi connectivity index (χ2n) is 4.35. The average Bonchev–Trinajstić information content (AvgIpc) is 2.89. The SMILES string of the molecule is COc1ccc2c3nc(C#N)c(C#N)[nH]c-3cc2c1OC. The number of hydrogen-bond acceptors (Lipinski definition) is 5. The van der Waals surface area contributed by atoms with Crippen molar-refractivity contribution in [2.75, 3.05) is 14.2 Å². The van der Waals surface area contributed by atoms with Gasteiger partial charge < -0.3 is 14.5 Å². The number of H-pyrrole nitrogens is 1. The largest absolute Gasteiger partial charge is 0.493 e. The topological polar surface area (TPSA) is 94.7 Å². The van der Waals surface area contributed by atoms with Crippen molar-refractivity contribution in [2.45, 2.75) is 0 Å². The minimum absolute atomic E-state index is 0.0762. The fraction of sp³-hybridized carbons (Fsp3) is 0.133. The molecule has 102 valence electrons. The Hall–Kier alpha value is -3.25. The molecule has 21 heavy (non-hydrogen) atoms. The normalized spacial score (nSPS) is 10.3. The number of fused-ring (bicyclic) bond motifs is 3. The van der Waals surface area contributed by atoms with Crippen LogP contribution in [0.4, 0.5) is 0 Å². The van der Waals surface area contributed by atoms with Crippen LogP contribution in [0, 0.1) is 22.7 Å².